The minimum absolute atomic E-state index is 0.00245. The first-order chi connectivity index (χ1) is 6.75. The molecule has 0 saturated heterocycles. The Morgan fingerprint density at radius 3 is 1.87 bits per heavy atom. The van der Waals surface area contributed by atoms with E-state index in [0.717, 1.165) is 12.8 Å². The molecule has 0 spiro atoms. The molecule has 0 aromatic rings. The van der Waals surface area contributed by atoms with Crippen molar-refractivity contribution in [3.8, 4) is 0 Å². The summed E-state index contributed by atoms with van der Waals surface area (Å²) >= 11 is 3.79. The molecule has 0 aromatic heterocycles. The lowest BCUT2D eigenvalue weighted by molar-refractivity contribution is -0.128. The summed E-state index contributed by atoms with van der Waals surface area (Å²) in [5.74, 6) is -0.00245. The molecule has 0 fully saturated rings. The van der Waals surface area contributed by atoms with Gasteiger partial charge < -0.3 is 4.72 Å². The van der Waals surface area contributed by atoms with E-state index in [-0.39, 0.29) is 16.7 Å². The molecular weight excluding hydrogens is 206 g/mol. The van der Waals surface area contributed by atoms with Gasteiger partial charge in [0.2, 0.25) is 5.91 Å². The number of carbonyl (C=O) groups excluding carboxylic acids is 1. The Kier molecular flexibility index (Phi) is 8.21. The summed E-state index contributed by atoms with van der Waals surface area (Å²) < 4.78 is 2.41. The molecule has 0 aromatic carbocycles. The van der Waals surface area contributed by atoms with Gasteiger partial charge in [-0.3, -0.25) is 4.79 Å². The summed E-state index contributed by atoms with van der Waals surface area (Å²) in [6, 6.07) is 0. The van der Waals surface area contributed by atoms with Crippen LogP contribution in [0.15, 0.2) is 0 Å². The summed E-state index contributed by atoms with van der Waals surface area (Å²) in [5.41, 5.74) is -0.120. The van der Waals surface area contributed by atoms with Crippen molar-refractivity contribution in [1.29, 1.82) is 0 Å². The predicted octanol–water partition coefficient (Wildman–Crippen LogP) is 3.83. The molecule has 2 nitrogen and oxygen atoms in total. The first-order valence-corrected chi connectivity index (χ1v) is 6.14. The van der Waals surface area contributed by atoms with Gasteiger partial charge in [0.15, 0.2) is 0 Å². The SMILES string of the molecule is CC.CCC(C)(C)CC(C)(C)C(=O)NS. The number of hydrogen-bond acceptors (Lipinski definition) is 2. The standard InChI is InChI=1S/C10H21NOS.C2H6/c1-6-9(2,3)7-10(4,5)8(12)11-13;1-2/h13H,6-7H2,1-5H3,(H,11,12);1-2H3. The maximum Gasteiger partial charge on any atom is 0.235 e. The highest BCUT2D eigenvalue weighted by Crippen LogP contribution is 2.36. The van der Waals surface area contributed by atoms with Crippen LogP contribution in [0.3, 0.4) is 0 Å². The topological polar surface area (TPSA) is 29.1 Å². The molecule has 0 aliphatic heterocycles. The number of rotatable bonds is 4. The van der Waals surface area contributed by atoms with Crippen molar-refractivity contribution in [3.05, 3.63) is 0 Å². The second kappa shape index (κ2) is 7.15. The van der Waals surface area contributed by atoms with Crippen molar-refractivity contribution in [2.45, 2.75) is 61.3 Å². The van der Waals surface area contributed by atoms with Crippen LogP contribution in [-0.4, -0.2) is 5.91 Å². The summed E-state index contributed by atoms with van der Waals surface area (Å²) in [7, 11) is 0. The Hall–Kier alpha value is -0.180. The Bertz CT molecular complexity index is 188. The van der Waals surface area contributed by atoms with Gasteiger partial charge in [0.1, 0.15) is 0 Å². The van der Waals surface area contributed by atoms with Gasteiger partial charge in [-0.25, -0.2) is 0 Å². The minimum Gasteiger partial charge on any atom is -0.302 e. The molecule has 0 bridgehead atoms. The van der Waals surface area contributed by atoms with Gasteiger partial charge in [0.25, 0.3) is 0 Å². The third kappa shape index (κ3) is 6.82. The minimum atomic E-state index is -0.332. The number of carbonyl (C=O) groups is 1. The van der Waals surface area contributed by atoms with Crippen molar-refractivity contribution in [1.82, 2.24) is 4.72 Å². The molecule has 92 valence electrons. The van der Waals surface area contributed by atoms with Gasteiger partial charge in [-0.2, -0.15) is 0 Å². The average Bonchev–Trinajstić information content (AvgIpc) is 2.18. The molecule has 1 amide bonds. The van der Waals surface area contributed by atoms with Crippen molar-refractivity contribution in [2.24, 2.45) is 10.8 Å². The normalized spacial score (nSPS) is 11.5. The van der Waals surface area contributed by atoms with Gasteiger partial charge in [0, 0.05) is 5.41 Å². The monoisotopic (exact) mass is 233 g/mol. The second-order valence-electron chi connectivity index (χ2n) is 5.02. The van der Waals surface area contributed by atoms with Crippen molar-refractivity contribution >= 4 is 18.7 Å². The fourth-order valence-corrected chi connectivity index (χ4v) is 1.86. The molecule has 0 rings (SSSR count). The van der Waals surface area contributed by atoms with Crippen LogP contribution < -0.4 is 4.72 Å². The van der Waals surface area contributed by atoms with E-state index in [0.29, 0.717) is 0 Å². The van der Waals surface area contributed by atoms with E-state index in [1.165, 1.54) is 0 Å². The Morgan fingerprint density at radius 1 is 1.20 bits per heavy atom. The fourth-order valence-electron chi connectivity index (χ4n) is 1.55. The van der Waals surface area contributed by atoms with E-state index >= 15 is 0 Å². The van der Waals surface area contributed by atoms with Gasteiger partial charge in [-0.05, 0) is 11.8 Å². The molecule has 0 saturated carbocycles. The molecule has 0 aliphatic carbocycles. The van der Waals surface area contributed by atoms with Crippen LogP contribution in [0, 0.1) is 10.8 Å². The van der Waals surface area contributed by atoms with E-state index < -0.39 is 0 Å². The van der Waals surface area contributed by atoms with E-state index in [1.807, 2.05) is 27.7 Å². The highest BCUT2D eigenvalue weighted by atomic mass is 32.1. The van der Waals surface area contributed by atoms with E-state index in [1.54, 1.807) is 0 Å². The summed E-state index contributed by atoms with van der Waals surface area (Å²) in [4.78, 5) is 11.4. The number of thiol groups is 1. The summed E-state index contributed by atoms with van der Waals surface area (Å²) in [6.45, 7) is 14.4. The van der Waals surface area contributed by atoms with Crippen molar-refractivity contribution < 1.29 is 4.79 Å². The van der Waals surface area contributed by atoms with Crippen molar-refractivity contribution in [2.75, 3.05) is 0 Å². The number of hydrogen-bond donors (Lipinski definition) is 2. The van der Waals surface area contributed by atoms with Crippen LogP contribution in [0.1, 0.15) is 61.3 Å². The third-order valence-electron chi connectivity index (χ3n) is 2.59. The molecule has 15 heavy (non-hydrogen) atoms. The average molecular weight is 233 g/mol. The van der Waals surface area contributed by atoms with Crippen LogP contribution in [0.25, 0.3) is 0 Å². The number of amides is 1. The maximum atomic E-state index is 11.4. The summed E-state index contributed by atoms with van der Waals surface area (Å²) in [5, 5.41) is 0. The molecule has 0 atom stereocenters. The van der Waals surface area contributed by atoms with Gasteiger partial charge in [0.05, 0.1) is 0 Å². The van der Waals surface area contributed by atoms with Crippen molar-refractivity contribution in [3.63, 3.8) is 0 Å². The van der Waals surface area contributed by atoms with E-state index in [4.69, 9.17) is 0 Å². The lowest BCUT2D eigenvalue weighted by Gasteiger charge is -2.32. The lowest BCUT2D eigenvalue weighted by Crippen LogP contribution is -2.35. The van der Waals surface area contributed by atoms with Crippen LogP contribution in [-0.2, 0) is 4.79 Å². The molecule has 1 N–H and O–H groups in total. The first kappa shape index (κ1) is 17.2. The van der Waals surface area contributed by atoms with Gasteiger partial charge in [-0.1, -0.05) is 67.7 Å². The van der Waals surface area contributed by atoms with Crippen LogP contribution in [0.2, 0.25) is 0 Å². The van der Waals surface area contributed by atoms with E-state index in [2.05, 4.69) is 38.3 Å². The molecule has 0 heterocycles. The first-order valence-electron chi connectivity index (χ1n) is 5.70. The lowest BCUT2D eigenvalue weighted by atomic mass is 9.73. The molecular formula is C12H27NOS. The Labute approximate surface area is 101 Å². The third-order valence-corrected chi connectivity index (χ3v) is 2.80. The van der Waals surface area contributed by atoms with Gasteiger partial charge in [-0.15, -0.1) is 0 Å². The fraction of sp³-hybridized carbons (Fsp3) is 0.917. The zero-order chi connectivity index (χ0) is 12.7. The highest BCUT2D eigenvalue weighted by Gasteiger charge is 2.33. The second-order valence-corrected chi connectivity index (χ2v) is 5.24. The smallest absolute Gasteiger partial charge is 0.235 e. The Balaban J connectivity index is 0. The Morgan fingerprint density at radius 2 is 1.60 bits per heavy atom. The molecule has 0 unspecified atom stereocenters. The van der Waals surface area contributed by atoms with Crippen LogP contribution in [0.5, 0.6) is 0 Å². The molecule has 0 radical (unpaired) electrons. The van der Waals surface area contributed by atoms with Crippen LogP contribution >= 0.6 is 12.8 Å². The van der Waals surface area contributed by atoms with Crippen LogP contribution in [0.4, 0.5) is 0 Å². The molecule has 0 aliphatic rings. The maximum absolute atomic E-state index is 11.4. The summed E-state index contributed by atoms with van der Waals surface area (Å²) in [6.07, 6.45) is 1.96. The zero-order valence-electron chi connectivity index (χ0n) is 11.3. The zero-order valence-corrected chi connectivity index (χ0v) is 12.2. The predicted molar refractivity (Wildman–Crippen MR) is 70.9 cm³/mol. The highest BCUT2D eigenvalue weighted by molar-refractivity contribution is 7.78. The van der Waals surface area contributed by atoms with E-state index in [9.17, 15) is 4.79 Å². The number of nitrogens with one attached hydrogen (secondary N) is 1. The quantitative estimate of drug-likeness (QED) is 0.710. The van der Waals surface area contributed by atoms with Gasteiger partial charge >= 0.3 is 0 Å². The molecule has 3 heteroatoms. The largest absolute Gasteiger partial charge is 0.302 e.